The van der Waals surface area contributed by atoms with E-state index in [1.807, 2.05) is 11.8 Å². The van der Waals surface area contributed by atoms with Crippen molar-refractivity contribution in [2.45, 2.75) is 13.8 Å². The third-order valence-corrected chi connectivity index (χ3v) is 4.46. The highest BCUT2D eigenvalue weighted by atomic mass is 32.2. The van der Waals surface area contributed by atoms with Crippen LogP contribution in [0.5, 0.6) is 5.75 Å². The molecule has 96 valence electrons. The molecule has 0 saturated heterocycles. The lowest BCUT2D eigenvalue weighted by molar-refractivity contribution is 0.354. The minimum absolute atomic E-state index is 0.710. The first kappa shape index (κ1) is 11.8. The van der Waals surface area contributed by atoms with E-state index in [4.69, 9.17) is 4.74 Å². The third-order valence-electron chi connectivity index (χ3n) is 3.50. The van der Waals surface area contributed by atoms with E-state index in [1.54, 1.807) is 0 Å². The lowest BCUT2D eigenvalue weighted by atomic mass is 10.1. The number of anilines is 1. The maximum atomic E-state index is 5.87. The summed E-state index contributed by atoms with van der Waals surface area (Å²) in [6, 6.07) is 6.53. The Hall–Kier alpha value is -1.29. The summed E-state index contributed by atoms with van der Waals surface area (Å²) < 4.78 is 5.87. The first-order chi connectivity index (χ1) is 8.83. The molecule has 2 aliphatic heterocycles. The van der Waals surface area contributed by atoms with Crippen molar-refractivity contribution in [1.29, 1.82) is 0 Å². The fourth-order valence-corrected chi connectivity index (χ4v) is 3.35. The van der Waals surface area contributed by atoms with Gasteiger partial charge < -0.3 is 15.0 Å². The lowest BCUT2D eigenvalue weighted by Crippen LogP contribution is -2.22. The Morgan fingerprint density at radius 3 is 2.94 bits per heavy atom. The first-order valence-corrected chi connectivity index (χ1v) is 7.44. The zero-order chi connectivity index (χ0) is 12.5. The highest BCUT2D eigenvalue weighted by Crippen LogP contribution is 2.40. The quantitative estimate of drug-likeness (QED) is 0.905. The van der Waals surface area contributed by atoms with Gasteiger partial charge in [-0.2, -0.15) is 0 Å². The zero-order valence-corrected chi connectivity index (χ0v) is 11.6. The molecule has 0 radical (unpaired) electrons. The minimum Gasteiger partial charge on any atom is -0.488 e. The molecule has 0 amide bonds. The van der Waals surface area contributed by atoms with Crippen LogP contribution in [0.1, 0.15) is 19.4 Å². The Balaban J connectivity index is 1.98. The number of rotatable bonds is 3. The smallest absolute Gasteiger partial charge is 0.131 e. The van der Waals surface area contributed by atoms with E-state index in [1.165, 1.54) is 21.9 Å². The molecule has 3 rings (SSSR count). The predicted molar refractivity (Wildman–Crippen MR) is 78.0 cm³/mol. The number of nitrogens with zero attached hydrogens (tertiary/aromatic N) is 1. The molecule has 2 heterocycles. The van der Waals surface area contributed by atoms with Crippen LogP contribution < -0.4 is 15.0 Å². The summed E-state index contributed by atoms with van der Waals surface area (Å²) in [6.45, 7) is 7.12. The Labute approximate surface area is 112 Å². The molecular formula is C14H18N2OS. The van der Waals surface area contributed by atoms with E-state index in [-0.39, 0.29) is 0 Å². The second-order valence-corrected chi connectivity index (χ2v) is 5.48. The Kier molecular flexibility index (Phi) is 3.12. The molecule has 0 unspecified atom stereocenters. The molecule has 0 aromatic heterocycles. The molecule has 0 atom stereocenters. The topological polar surface area (TPSA) is 24.5 Å². The maximum Gasteiger partial charge on any atom is 0.131 e. The van der Waals surface area contributed by atoms with Crippen molar-refractivity contribution in [3.05, 3.63) is 28.7 Å². The Bertz CT molecular complexity index is 495. The average Bonchev–Trinajstić information content (AvgIpc) is 2.88. The molecule has 1 aromatic carbocycles. The summed E-state index contributed by atoms with van der Waals surface area (Å²) in [5, 5.41) is 3.44. The summed E-state index contributed by atoms with van der Waals surface area (Å²) in [4.78, 5) is 3.67. The molecule has 1 aromatic rings. The molecule has 2 aliphatic rings. The van der Waals surface area contributed by atoms with Crippen molar-refractivity contribution in [3.63, 3.8) is 0 Å². The van der Waals surface area contributed by atoms with E-state index >= 15 is 0 Å². The van der Waals surface area contributed by atoms with Crippen LogP contribution in [0.15, 0.2) is 23.1 Å². The number of fused-ring (bicyclic) bond motifs is 2. The molecule has 0 fully saturated rings. The number of hydrogen-bond donors (Lipinski definition) is 1. The van der Waals surface area contributed by atoms with Gasteiger partial charge in [-0.25, -0.2) is 0 Å². The summed E-state index contributed by atoms with van der Waals surface area (Å²) >= 11 is 1.84. The van der Waals surface area contributed by atoms with Crippen molar-refractivity contribution < 1.29 is 4.74 Å². The monoisotopic (exact) mass is 262 g/mol. The molecule has 0 aliphatic carbocycles. The number of ether oxygens (including phenoxy) is 1. The van der Waals surface area contributed by atoms with E-state index < -0.39 is 0 Å². The number of nitrogens with one attached hydrogen (secondary N) is 1. The van der Waals surface area contributed by atoms with E-state index in [0.717, 1.165) is 24.7 Å². The molecule has 18 heavy (non-hydrogen) atoms. The van der Waals surface area contributed by atoms with Crippen molar-refractivity contribution >= 4 is 23.1 Å². The molecule has 3 nitrogen and oxygen atoms in total. The molecule has 0 spiro atoms. The van der Waals surface area contributed by atoms with Gasteiger partial charge in [0.1, 0.15) is 12.4 Å². The van der Waals surface area contributed by atoms with Crippen LogP contribution in [-0.4, -0.2) is 25.6 Å². The second kappa shape index (κ2) is 4.76. The fraction of sp³-hybridized carbons (Fsp3) is 0.429. The van der Waals surface area contributed by atoms with Gasteiger partial charge in [-0.05, 0) is 26.0 Å². The van der Waals surface area contributed by atoms with Gasteiger partial charge in [0.2, 0.25) is 0 Å². The maximum absolute atomic E-state index is 5.87. The van der Waals surface area contributed by atoms with Gasteiger partial charge in [0.05, 0.1) is 11.6 Å². The van der Waals surface area contributed by atoms with Gasteiger partial charge in [-0.15, -0.1) is 11.8 Å². The molecule has 4 heteroatoms. The first-order valence-electron chi connectivity index (χ1n) is 6.45. The predicted octanol–water partition coefficient (Wildman–Crippen LogP) is 2.89. The summed E-state index contributed by atoms with van der Waals surface area (Å²) in [6.07, 6.45) is 0. The SMILES string of the molecule is CCN(CC)c1ccc2c(c1)OCC1=C2NCS1. The van der Waals surface area contributed by atoms with Crippen molar-refractivity contribution in [2.24, 2.45) is 0 Å². The summed E-state index contributed by atoms with van der Waals surface area (Å²) in [5.41, 5.74) is 3.72. The van der Waals surface area contributed by atoms with Crippen LogP contribution in [0.4, 0.5) is 5.69 Å². The number of benzene rings is 1. The average molecular weight is 262 g/mol. The van der Waals surface area contributed by atoms with Crippen LogP contribution in [0.3, 0.4) is 0 Å². The van der Waals surface area contributed by atoms with Crippen LogP contribution in [0.2, 0.25) is 0 Å². The number of thioether (sulfide) groups is 1. The Morgan fingerprint density at radius 1 is 1.33 bits per heavy atom. The largest absolute Gasteiger partial charge is 0.488 e. The standard InChI is InChI=1S/C14H18N2OS/c1-3-16(4-2)10-5-6-11-12(7-10)17-8-13-14(11)15-9-18-13/h5-7,15H,3-4,8-9H2,1-2H3. The van der Waals surface area contributed by atoms with Gasteiger partial charge in [0.15, 0.2) is 0 Å². The summed E-state index contributed by atoms with van der Waals surface area (Å²) in [5.74, 6) is 1.97. The van der Waals surface area contributed by atoms with Crippen molar-refractivity contribution in [1.82, 2.24) is 5.32 Å². The molecule has 0 saturated carbocycles. The highest BCUT2D eigenvalue weighted by Gasteiger charge is 2.24. The second-order valence-electron chi connectivity index (χ2n) is 4.41. The van der Waals surface area contributed by atoms with E-state index in [2.05, 4.69) is 42.3 Å². The van der Waals surface area contributed by atoms with Crippen LogP contribution >= 0.6 is 11.8 Å². The third kappa shape index (κ3) is 1.85. The van der Waals surface area contributed by atoms with E-state index in [9.17, 15) is 0 Å². The van der Waals surface area contributed by atoms with Gasteiger partial charge in [-0.1, -0.05) is 0 Å². The molecular weight excluding hydrogens is 244 g/mol. The molecule has 1 N–H and O–H groups in total. The number of hydrogen-bond acceptors (Lipinski definition) is 4. The van der Waals surface area contributed by atoms with E-state index in [0.29, 0.717) is 6.61 Å². The van der Waals surface area contributed by atoms with Crippen LogP contribution in [0.25, 0.3) is 5.70 Å². The Morgan fingerprint density at radius 2 is 2.17 bits per heavy atom. The van der Waals surface area contributed by atoms with Gasteiger partial charge in [-0.3, -0.25) is 0 Å². The minimum atomic E-state index is 0.710. The van der Waals surface area contributed by atoms with Crippen molar-refractivity contribution in [2.75, 3.05) is 30.5 Å². The lowest BCUT2D eigenvalue weighted by Gasteiger charge is -2.25. The fourth-order valence-electron chi connectivity index (χ4n) is 2.49. The van der Waals surface area contributed by atoms with Crippen LogP contribution in [0, 0.1) is 0 Å². The van der Waals surface area contributed by atoms with Crippen molar-refractivity contribution in [3.8, 4) is 5.75 Å². The summed E-state index contributed by atoms with van der Waals surface area (Å²) in [7, 11) is 0. The zero-order valence-electron chi connectivity index (χ0n) is 10.8. The van der Waals surface area contributed by atoms with Crippen LogP contribution in [-0.2, 0) is 0 Å². The van der Waals surface area contributed by atoms with Gasteiger partial charge >= 0.3 is 0 Å². The molecule has 0 bridgehead atoms. The van der Waals surface area contributed by atoms with Gasteiger partial charge in [0.25, 0.3) is 0 Å². The normalized spacial score (nSPS) is 16.8. The highest BCUT2D eigenvalue weighted by molar-refractivity contribution is 8.03. The van der Waals surface area contributed by atoms with Gasteiger partial charge in [0, 0.05) is 35.3 Å².